The van der Waals surface area contributed by atoms with Crippen LogP contribution < -0.4 is 0 Å². The summed E-state index contributed by atoms with van der Waals surface area (Å²) in [5.41, 5.74) is 6.87. The first-order chi connectivity index (χ1) is 7.95. The zero-order valence-electron chi connectivity index (χ0n) is 8.45. The quantitative estimate of drug-likeness (QED) is 0.563. The number of hydrogen-bond acceptors (Lipinski definition) is 5. The molecule has 0 saturated heterocycles. The summed E-state index contributed by atoms with van der Waals surface area (Å²) < 4.78 is 31.3. The maximum atomic E-state index is 11.1. The molecule has 0 atom stereocenters. The van der Waals surface area contributed by atoms with E-state index in [4.69, 9.17) is 10.1 Å². The lowest BCUT2D eigenvalue weighted by Crippen LogP contribution is -1.98. The highest BCUT2D eigenvalue weighted by atomic mass is 32.2. The van der Waals surface area contributed by atoms with E-state index in [1.165, 1.54) is 30.3 Å². The lowest BCUT2D eigenvalue weighted by atomic mass is 10.1. The van der Waals surface area contributed by atoms with E-state index >= 15 is 0 Å². The molecule has 7 heteroatoms. The van der Waals surface area contributed by atoms with E-state index in [9.17, 15) is 13.5 Å². The Balaban J connectivity index is 2.94. The Bertz CT molecular complexity index is 710. The van der Waals surface area contributed by atoms with Crippen LogP contribution in [0.4, 0.5) is 5.69 Å². The minimum atomic E-state index is -4.35. The van der Waals surface area contributed by atoms with Gasteiger partial charge in [-0.1, -0.05) is 18.2 Å². The third-order valence-corrected chi connectivity index (χ3v) is 3.28. The Labute approximate surface area is 96.8 Å². The minimum absolute atomic E-state index is 0.0324. The summed E-state index contributed by atoms with van der Waals surface area (Å²) in [6, 6.07) is 6.78. The Morgan fingerprint density at radius 3 is 2.41 bits per heavy atom. The minimum Gasteiger partial charge on any atom is -0.505 e. The van der Waals surface area contributed by atoms with Crippen LogP contribution in [0.5, 0.6) is 5.75 Å². The number of phenolic OH excluding ortho intramolecular Hbond substituents is 1. The lowest BCUT2D eigenvalue weighted by molar-refractivity contribution is 0.482. The zero-order valence-corrected chi connectivity index (χ0v) is 9.27. The molecule has 17 heavy (non-hydrogen) atoms. The second-order valence-electron chi connectivity index (χ2n) is 3.37. The average molecular weight is 252 g/mol. The van der Waals surface area contributed by atoms with Crippen molar-refractivity contribution in [3.05, 3.63) is 30.3 Å². The predicted octanol–water partition coefficient (Wildman–Crippen LogP) is 2.45. The summed E-state index contributed by atoms with van der Waals surface area (Å²) >= 11 is 0. The third-order valence-electron chi connectivity index (χ3n) is 2.37. The van der Waals surface area contributed by atoms with Crippen molar-refractivity contribution in [2.75, 3.05) is 0 Å². The molecule has 0 radical (unpaired) electrons. The first-order valence-corrected chi connectivity index (χ1v) is 5.99. The molecule has 2 aromatic carbocycles. The number of phenols is 1. The van der Waals surface area contributed by atoms with Gasteiger partial charge in [0.05, 0.1) is 0 Å². The van der Waals surface area contributed by atoms with Crippen LogP contribution in [0.15, 0.2) is 40.3 Å². The molecule has 6 nitrogen and oxygen atoms in total. The van der Waals surface area contributed by atoms with Crippen LogP contribution in [-0.2, 0) is 10.1 Å². The Morgan fingerprint density at radius 2 is 1.82 bits per heavy atom. The standard InChI is InChI=1S/C10H8N2O4S/c11-12-8-5-4-6-7(10(8)13)2-1-3-9(6)17(14,15)16/h1-5,11,13H,(H,14,15,16). The van der Waals surface area contributed by atoms with Gasteiger partial charge in [-0.3, -0.25) is 4.55 Å². The van der Waals surface area contributed by atoms with Crippen molar-refractivity contribution in [2.45, 2.75) is 4.90 Å². The fourth-order valence-electron chi connectivity index (χ4n) is 1.62. The monoisotopic (exact) mass is 252 g/mol. The molecular formula is C10H8N2O4S. The average Bonchev–Trinajstić information content (AvgIpc) is 2.28. The molecule has 88 valence electrons. The molecule has 0 aliphatic carbocycles. The van der Waals surface area contributed by atoms with Gasteiger partial charge in [0.1, 0.15) is 10.6 Å². The molecule has 0 spiro atoms. The Morgan fingerprint density at radius 1 is 1.12 bits per heavy atom. The summed E-state index contributed by atoms with van der Waals surface area (Å²) in [5.74, 6) is -0.289. The number of aromatic hydroxyl groups is 1. The SMILES string of the molecule is N=Nc1ccc2c(S(=O)(=O)O)cccc2c1O. The van der Waals surface area contributed by atoms with Crippen molar-refractivity contribution in [2.24, 2.45) is 5.11 Å². The van der Waals surface area contributed by atoms with Crippen LogP contribution in [0.25, 0.3) is 10.8 Å². The normalized spacial score (nSPS) is 11.6. The molecule has 0 saturated carbocycles. The first-order valence-electron chi connectivity index (χ1n) is 4.55. The smallest absolute Gasteiger partial charge is 0.295 e. The highest BCUT2D eigenvalue weighted by Crippen LogP contribution is 2.36. The molecule has 2 rings (SSSR count). The third kappa shape index (κ3) is 1.85. The van der Waals surface area contributed by atoms with Crippen LogP contribution in [0.2, 0.25) is 0 Å². The van der Waals surface area contributed by atoms with Crippen molar-refractivity contribution in [3.63, 3.8) is 0 Å². The van der Waals surface area contributed by atoms with Gasteiger partial charge in [-0.15, -0.1) is 0 Å². The fourth-order valence-corrected chi connectivity index (χ4v) is 2.32. The van der Waals surface area contributed by atoms with Gasteiger partial charge in [-0.2, -0.15) is 13.5 Å². The molecule has 0 bridgehead atoms. The Hall–Kier alpha value is -1.99. The zero-order chi connectivity index (χ0) is 12.6. The Kier molecular flexibility index (Phi) is 2.56. The van der Waals surface area contributed by atoms with Gasteiger partial charge < -0.3 is 5.11 Å². The van der Waals surface area contributed by atoms with Crippen molar-refractivity contribution in [1.82, 2.24) is 0 Å². The number of rotatable bonds is 2. The van der Waals surface area contributed by atoms with Gasteiger partial charge in [0, 0.05) is 10.8 Å². The van der Waals surface area contributed by atoms with Gasteiger partial charge in [-0.05, 0) is 12.1 Å². The van der Waals surface area contributed by atoms with Crippen LogP contribution in [0, 0.1) is 5.53 Å². The number of hydrogen-bond donors (Lipinski definition) is 3. The number of benzene rings is 2. The number of nitrogens with one attached hydrogen (secondary N) is 1. The molecule has 0 unspecified atom stereocenters. The maximum Gasteiger partial charge on any atom is 0.295 e. The molecule has 0 aromatic heterocycles. The van der Waals surface area contributed by atoms with Crippen molar-refractivity contribution in [1.29, 1.82) is 5.53 Å². The second kappa shape index (κ2) is 3.79. The van der Waals surface area contributed by atoms with E-state index in [1.54, 1.807) is 0 Å². The van der Waals surface area contributed by atoms with Gasteiger partial charge in [0.25, 0.3) is 10.1 Å². The molecule has 0 amide bonds. The van der Waals surface area contributed by atoms with E-state index in [2.05, 4.69) is 5.11 Å². The lowest BCUT2D eigenvalue weighted by Gasteiger charge is -2.06. The number of fused-ring (bicyclic) bond motifs is 1. The van der Waals surface area contributed by atoms with Crippen molar-refractivity contribution < 1.29 is 18.1 Å². The first kappa shape index (κ1) is 11.5. The van der Waals surface area contributed by atoms with Gasteiger partial charge >= 0.3 is 0 Å². The van der Waals surface area contributed by atoms with E-state index in [1.807, 2.05) is 0 Å². The van der Waals surface area contributed by atoms with E-state index < -0.39 is 10.1 Å². The summed E-state index contributed by atoms with van der Waals surface area (Å²) in [5, 5.41) is 13.2. The van der Waals surface area contributed by atoms with Gasteiger partial charge in [0.2, 0.25) is 0 Å². The van der Waals surface area contributed by atoms with E-state index in [-0.39, 0.29) is 27.1 Å². The summed E-state index contributed by atoms with van der Waals surface area (Å²) in [6.07, 6.45) is 0. The van der Waals surface area contributed by atoms with Crippen molar-refractivity contribution in [3.8, 4) is 5.75 Å². The number of nitrogens with zero attached hydrogens (tertiary/aromatic N) is 1. The topological polar surface area (TPSA) is 111 Å². The van der Waals surface area contributed by atoms with Crippen LogP contribution in [0.1, 0.15) is 0 Å². The molecule has 2 aromatic rings. The predicted molar refractivity (Wildman–Crippen MR) is 60.2 cm³/mol. The molecule has 0 aliphatic rings. The largest absolute Gasteiger partial charge is 0.505 e. The van der Waals surface area contributed by atoms with Gasteiger partial charge in [0.15, 0.2) is 5.75 Å². The molecular weight excluding hydrogens is 244 g/mol. The second-order valence-corrected chi connectivity index (χ2v) is 4.76. The van der Waals surface area contributed by atoms with Crippen LogP contribution in [0.3, 0.4) is 0 Å². The highest BCUT2D eigenvalue weighted by Gasteiger charge is 2.16. The highest BCUT2D eigenvalue weighted by molar-refractivity contribution is 7.86. The molecule has 0 heterocycles. The summed E-state index contributed by atoms with van der Waals surface area (Å²) in [7, 11) is -4.35. The maximum absolute atomic E-state index is 11.1. The van der Waals surface area contributed by atoms with Crippen molar-refractivity contribution >= 4 is 26.6 Å². The summed E-state index contributed by atoms with van der Waals surface area (Å²) in [6.45, 7) is 0. The van der Waals surface area contributed by atoms with E-state index in [0.29, 0.717) is 0 Å². The molecule has 3 N–H and O–H groups in total. The van der Waals surface area contributed by atoms with Gasteiger partial charge in [-0.25, -0.2) is 5.53 Å². The fraction of sp³-hybridized carbons (Fsp3) is 0. The van der Waals surface area contributed by atoms with Crippen LogP contribution in [-0.4, -0.2) is 18.1 Å². The summed E-state index contributed by atoms with van der Waals surface area (Å²) in [4.78, 5) is -0.290. The molecule has 0 aliphatic heterocycles. The van der Waals surface area contributed by atoms with E-state index in [0.717, 1.165) is 0 Å². The molecule has 0 fully saturated rings. The van der Waals surface area contributed by atoms with Crippen LogP contribution >= 0.6 is 0 Å².